The number of hydrogen-bond acceptors (Lipinski definition) is 3. The van der Waals surface area contributed by atoms with Gasteiger partial charge in [-0.15, -0.1) is 0 Å². The van der Waals surface area contributed by atoms with E-state index < -0.39 is 0 Å². The zero-order chi connectivity index (χ0) is 17.5. The molecular weight excluding hydrogens is 400 g/mol. The second kappa shape index (κ2) is 9.58. The second-order valence-electron chi connectivity index (χ2n) is 6.46. The molecule has 2 N–H and O–H groups in total. The lowest BCUT2D eigenvalue weighted by atomic mass is 9.98. The predicted molar refractivity (Wildman–Crippen MR) is 107 cm³/mol. The van der Waals surface area contributed by atoms with Gasteiger partial charge in [0.05, 0.1) is 0 Å². The average molecular weight is 424 g/mol. The Hall–Kier alpha value is -1.07. The normalized spacial score (nSPS) is 15.3. The van der Waals surface area contributed by atoms with Crippen molar-refractivity contribution in [2.75, 3.05) is 19.6 Å². The third kappa shape index (κ3) is 5.71. The number of halogens is 2. The molecule has 0 atom stereocenters. The molecule has 0 spiro atoms. The van der Waals surface area contributed by atoms with Crippen molar-refractivity contribution >= 4 is 27.5 Å². The molecule has 1 fully saturated rings. The van der Waals surface area contributed by atoms with Gasteiger partial charge in [-0.1, -0.05) is 45.7 Å². The number of benzene rings is 2. The van der Waals surface area contributed by atoms with E-state index in [1.807, 2.05) is 36.4 Å². The molecule has 134 valence electrons. The molecule has 3 rings (SSSR count). The van der Waals surface area contributed by atoms with Crippen LogP contribution in [0.5, 0.6) is 5.75 Å². The van der Waals surface area contributed by atoms with Gasteiger partial charge in [0.1, 0.15) is 12.4 Å². The van der Waals surface area contributed by atoms with Crippen molar-refractivity contribution in [1.29, 1.82) is 0 Å². The smallest absolute Gasteiger partial charge is 0.124 e. The number of piperidine rings is 1. The van der Waals surface area contributed by atoms with E-state index in [4.69, 9.17) is 16.3 Å². The molecule has 1 aliphatic rings. The van der Waals surface area contributed by atoms with E-state index in [1.54, 1.807) is 0 Å². The van der Waals surface area contributed by atoms with Crippen molar-refractivity contribution in [3.05, 3.63) is 63.1 Å². The first kappa shape index (κ1) is 18.7. The van der Waals surface area contributed by atoms with Crippen LogP contribution in [0, 0.1) is 5.92 Å². The molecule has 1 aliphatic heterocycles. The maximum Gasteiger partial charge on any atom is 0.124 e. The topological polar surface area (TPSA) is 33.3 Å². The molecule has 0 unspecified atom stereocenters. The zero-order valence-corrected chi connectivity index (χ0v) is 16.6. The maximum atomic E-state index is 6.22. The summed E-state index contributed by atoms with van der Waals surface area (Å²) in [6.07, 6.45) is 2.50. The van der Waals surface area contributed by atoms with Crippen molar-refractivity contribution in [3.8, 4) is 5.75 Å². The quantitative estimate of drug-likeness (QED) is 0.673. The average Bonchev–Trinajstić information content (AvgIpc) is 2.63. The molecule has 0 saturated carbocycles. The van der Waals surface area contributed by atoms with E-state index >= 15 is 0 Å². The van der Waals surface area contributed by atoms with Crippen molar-refractivity contribution in [1.82, 2.24) is 10.6 Å². The fourth-order valence-corrected chi connectivity index (χ4v) is 3.69. The predicted octanol–water partition coefficient (Wildman–Crippen LogP) is 4.77. The highest BCUT2D eigenvalue weighted by Crippen LogP contribution is 2.25. The van der Waals surface area contributed by atoms with Crippen LogP contribution in [0.3, 0.4) is 0 Å². The van der Waals surface area contributed by atoms with Crippen LogP contribution in [0.4, 0.5) is 0 Å². The Morgan fingerprint density at radius 1 is 1.12 bits per heavy atom. The Bertz CT molecular complexity index is 689. The fourth-order valence-electron chi connectivity index (χ4n) is 3.09. The monoisotopic (exact) mass is 422 g/mol. The number of ether oxygens (including phenoxy) is 1. The minimum atomic E-state index is 0.475. The van der Waals surface area contributed by atoms with E-state index in [0.29, 0.717) is 6.61 Å². The molecule has 0 radical (unpaired) electrons. The molecule has 25 heavy (non-hydrogen) atoms. The van der Waals surface area contributed by atoms with Gasteiger partial charge in [0, 0.05) is 27.2 Å². The summed E-state index contributed by atoms with van der Waals surface area (Å²) in [5.41, 5.74) is 2.16. The summed E-state index contributed by atoms with van der Waals surface area (Å²) in [6, 6.07) is 14.0. The SMILES string of the molecule is Clc1ccccc1COc1ccc(Br)cc1CNCC1CCNCC1. The fraction of sp³-hybridized carbons (Fsp3) is 0.400. The third-order valence-corrected chi connectivity index (χ3v) is 5.43. The number of nitrogens with one attached hydrogen (secondary N) is 2. The van der Waals surface area contributed by atoms with Gasteiger partial charge in [-0.3, -0.25) is 0 Å². The first-order chi connectivity index (χ1) is 12.2. The van der Waals surface area contributed by atoms with Gasteiger partial charge >= 0.3 is 0 Å². The van der Waals surface area contributed by atoms with Gasteiger partial charge in [-0.2, -0.15) is 0 Å². The summed E-state index contributed by atoms with van der Waals surface area (Å²) in [4.78, 5) is 0. The highest BCUT2D eigenvalue weighted by molar-refractivity contribution is 9.10. The Morgan fingerprint density at radius 2 is 1.92 bits per heavy atom. The van der Waals surface area contributed by atoms with E-state index in [0.717, 1.165) is 58.5 Å². The van der Waals surface area contributed by atoms with E-state index in [-0.39, 0.29) is 0 Å². The minimum Gasteiger partial charge on any atom is -0.489 e. The zero-order valence-electron chi connectivity index (χ0n) is 14.2. The molecule has 0 amide bonds. The van der Waals surface area contributed by atoms with Crippen LogP contribution >= 0.6 is 27.5 Å². The van der Waals surface area contributed by atoms with Gasteiger partial charge < -0.3 is 15.4 Å². The molecule has 0 aromatic heterocycles. The molecule has 1 saturated heterocycles. The van der Waals surface area contributed by atoms with Crippen LogP contribution in [0.25, 0.3) is 0 Å². The Balaban J connectivity index is 1.58. The summed E-state index contributed by atoms with van der Waals surface area (Å²) < 4.78 is 7.11. The largest absolute Gasteiger partial charge is 0.489 e. The highest BCUT2D eigenvalue weighted by atomic mass is 79.9. The first-order valence-electron chi connectivity index (χ1n) is 8.78. The van der Waals surface area contributed by atoms with Gasteiger partial charge in [0.25, 0.3) is 0 Å². The number of rotatable bonds is 7. The Labute approximate surface area is 163 Å². The van der Waals surface area contributed by atoms with Crippen LogP contribution < -0.4 is 15.4 Å². The molecule has 2 aromatic carbocycles. The molecule has 0 aliphatic carbocycles. The first-order valence-corrected chi connectivity index (χ1v) is 9.95. The van der Waals surface area contributed by atoms with Gasteiger partial charge in [0.15, 0.2) is 0 Å². The van der Waals surface area contributed by atoms with Crippen molar-refractivity contribution in [2.24, 2.45) is 5.92 Å². The van der Waals surface area contributed by atoms with E-state index in [2.05, 4.69) is 32.6 Å². The Morgan fingerprint density at radius 3 is 2.72 bits per heavy atom. The highest BCUT2D eigenvalue weighted by Gasteiger charge is 2.13. The van der Waals surface area contributed by atoms with E-state index in [1.165, 1.54) is 12.8 Å². The summed E-state index contributed by atoms with van der Waals surface area (Å²) in [5.74, 6) is 1.67. The van der Waals surface area contributed by atoms with Gasteiger partial charge in [-0.05, 0) is 62.7 Å². The molecule has 2 aromatic rings. The van der Waals surface area contributed by atoms with Gasteiger partial charge in [0.2, 0.25) is 0 Å². The van der Waals surface area contributed by atoms with Crippen LogP contribution in [-0.4, -0.2) is 19.6 Å². The molecule has 3 nitrogen and oxygen atoms in total. The minimum absolute atomic E-state index is 0.475. The van der Waals surface area contributed by atoms with Crippen LogP contribution in [0.15, 0.2) is 46.9 Å². The molecule has 5 heteroatoms. The van der Waals surface area contributed by atoms with Crippen LogP contribution in [0.1, 0.15) is 24.0 Å². The molecule has 0 bridgehead atoms. The summed E-state index contributed by atoms with van der Waals surface area (Å²) in [6.45, 7) is 4.60. The summed E-state index contributed by atoms with van der Waals surface area (Å²) in [5, 5.41) is 7.75. The summed E-state index contributed by atoms with van der Waals surface area (Å²) >= 11 is 9.78. The molecular formula is C20H24BrClN2O. The van der Waals surface area contributed by atoms with Crippen molar-refractivity contribution in [2.45, 2.75) is 26.0 Å². The van der Waals surface area contributed by atoms with Gasteiger partial charge in [-0.25, -0.2) is 0 Å². The van der Waals surface area contributed by atoms with Crippen molar-refractivity contribution in [3.63, 3.8) is 0 Å². The lowest BCUT2D eigenvalue weighted by molar-refractivity contribution is 0.301. The van der Waals surface area contributed by atoms with Crippen molar-refractivity contribution < 1.29 is 4.74 Å². The molecule has 1 heterocycles. The van der Waals surface area contributed by atoms with Crippen LogP contribution in [-0.2, 0) is 13.2 Å². The second-order valence-corrected chi connectivity index (χ2v) is 7.78. The standard InChI is InChI=1S/C20H24BrClN2O/c21-18-5-6-20(25-14-16-3-1-2-4-19(16)22)17(11-18)13-24-12-15-7-9-23-10-8-15/h1-6,11,15,23-24H,7-10,12-14H2. The lowest BCUT2D eigenvalue weighted by Crippen LogP contribution is -2.33. The van der Waals surface area contributed by atoms with E-state index in [9.17, 15) is 0 Å². The van der Waals surface area contributed by atoms with Crippen LogP contribution in [0.2, 0.25) is 5.02 Å². The Kier molecular flexibility index (Phi) is 7.17. The lowest BCUT2D eigenvalue weighted by Gasteiger charge is -2.23. The number of hydrogen-bond donors (Lipinski definition) is 2. The summed E-state index contributed by atoms with van der Waals surface area (Å²) in [7, 11) is 0. The maximum absolute atomic E-state index is 6.22. The third-order valence-electron chi connectivity index (χ3n) is 4.57.